The lowest BCUT2D eigenvalue weighted by Gasteiger charge is -2.23. The minimum atomic E-state index is -4.11. The quantitative estimate of drug-likeness (QED) is 0.652. The van der Waals surface area contributed by atoms with Crippen molar-refractivity contribution in [1.29, 1.82) is 0 Å². The van der Waals surface area contributed by atoms with Crippen LogP contribution in [0.15, 0.2) is 0 Å². The highest BCUT2D eigenvalue weighted by atomic mass is 32.2. The summed E-state index contributed by atoms with van der Waals surface area (Å²) in [5.74, 6) is 1.56. The molecule has 0 fully saturated rings. The lowest BCUT2D eigenvalue weighted by molar-refractivity contribution is 0.337. The van der Waals surface area contributed by atoms with E-state index in [1.807, 2.05) is 6.92 Å². The predicted molar refractivity (Wildman–Crippen MR) is 66.2 cm³/mol. The third kappa shape index (κ3) is 7.23. The first kappa shape index (κ1) is 15.9. The molecular formula is C12H25O3S-. The van der Waals surface area contributed by atoms with E-state index in [2.05, 4.69) is 20.8 Å². The summed E-state index contributed by atoms with van der Waals surface area (Å²) < 4.78 is 32.3. The Morgan fingerprint density at radius 1 is 0.875 bits per heavy atom. The summed E-state index contributed by atoms with van der Waals surface area (Å²) in [4.78, 5) is 0. The molecule has 0 aliphatic heterocycles. The van der Waals surface area contributed by atoms with Gasteiger partial charge in [0.05, 0.1) is 10.1 Å². The summed E-state index contributed by atoms with van der Waals surface area (Å²) in [7, 11) is -4.11. The molecule has 0 aromatic carbocycles. The molecule has 0 radical (unpaired) electrons. The van der Waals surface area contributed by atoms with Gasteiger partial charge in [0.15, 0.2) is 0 Å². The van der Waals surface area contributed by atoms with Crippen molar-refractivity contribution >= 4 is 10.1 Å². The minimum Gasteiger partial charge on any atom is -0.748 e. The Hall–Kier alpha value is -0.0900. The fourth-order valence-corrected chi connectivity index (χ4v) is 2.93. The number of hydrogen-bond acceptors (Lipinski definition) is 3. The summed E-state index contributed by atoms with van der Waals surface area (Å²) in [6, 6.07) is 0. The number of rotatable bonds is 7. The summed E-state index contributed by atoms with van der Waals surface area (Å²) in [5, 5.41) is -0.756. The summed E-state index contributed by atoms with van der Waals surface area (Å²) in [5.41, 5.74) is 0. The maximum atomic E-state index is 10.8. The molecule has 0 aromatic heterocycles. The first-order chi connectivity index (χ1) is 7.12. The van der Waals surface area contributed by atoms with Crippen LogP contribution in [0.2, 0.25) is 0 Å². The predicted octanol–water partition coefficient (Wildman–Crippen LogP) is 3.02. The second kappa shape index (κ2) is 6.60. The average Bonchev–Trinajstić information content (AvgIpc) is 1.98. The first-order valence-corrected chi connectivity index (χ1v) is 7.54. The molecule has 3 unspecified atom stereocenters. The van der Waals surface area contributed by atoms with Crippen molar-refractivity contribution in [3.63, 3.8) is 0 Å². The van der Waals surface area contributed by atoms with Crippen molar-refractivity contribution < 1.29 is 13.0 Å². The molecule has 3 nitrogen and oxygen atoms in total. The lowest BCUT2D eigenvalue weighted by atomic mass is 9.88. The van der Waals surface area contributed by atoms with Gasteiger partial charge in [0.2, 0.25) is 0 Å². The third-order valence-electron chi connectivity index (χ3n) is 2.91. The van der Waals surface area contributed by atoms with Crippen molar-refractivity contribution in [3.05, 3.63) is 0 Å². The van der Waals surface area contributed by atoms with E-state index >= 15 is 0 Å². The van der Waals surface area contributed by atoms with Gasteiger partial charge < -0.3 is 4.55 Å². The Balaban J connectivity index is 4.04. The lowest BCUT2D eigenvalue weighted by Crippen LogP contribution is -2.20. The Morgan fingerprint density at radius 3 is 1.69 bits per heavy atom. The molecule has 0 saturated carbocycles. The van der Waals surface area contributed by atoms with Crippen molar-refractivity contribution in [2.24, 2.45) is 17.8 Å². The first-order valence-electron chi connectivity index (χ1n) is 6.07. The van der Waals surface area contributed by atoms with Gasteiger partial charge in [-0.3, -0.25) is 0 Å². The van der Waals surface area contributed by atoms with Crippen molar-refractivity contribution in [3.8, 4) is 0 Å². The third-order valence-corrected chi connectivity index (χ3v) is 4.08. The summed E-state index contributed by atoms with van der Waals surface area (Å²) in [6.07, 6.45) is 2.63. The maximum absolute atomic E-state index is 10.8. The topological polar surface area (TPSA) is 57.2 Å². The van der Waals surface area contributed by atoms with Crippen LogP contribution < -0.4 is 0 Å². The van der Waals surface area contributed by atoms with Crippen molar-refractivity contribution in [2.75, 3.05) is 0 Å². The Bertz CT molecular complexity index is 283. The minimum absolute atomic E-state index is 0.299. The standard InChI is InChI=1S/C12H26O3S/c1-9(2)6-10(3)7-11(4)8-12(5)16(13,14)15/h9-12H,6-8H2,1-5H3,(H,13,14,15)/p-1. The van der Waals surface area contributed by atoms with Crippen molar-refractivity contribution in [1.82, 2.24) is 0 Å². The normalized spacial score (nSPS) is 18.4. The SMILES string of the molecule is CC(C)CC(C)CC(C)CC(C)S(=O)(=O)[O-]. The summed E-state index contributed by atoms with van der Waals surface area (Å²) >= 11 is 0. The van der Waals surface area contributed by atoms with E-state index in [9.17, 15) is 13.0 Å². The Labute approximate surface area is 100 Å². The van der Waals surface area contributed by atoms with Gasteiger partial charge in [-0.1, -0.05) is 27.7 Å². The van der Waals surface area contributed by atoms with E-state index in [0.29, 0.717) is 24.2 Å². The van der Waals surface area contributed by atoms with Gasteiger partial charge in [-0.05, 0) is 43.9 Å². The van der Waals surface area contributed by atoms with Crippen LogP contribution in [0.1, 0.15) is 53.9 Å². The van der Waals surface area contributed by atoms with Crippen molar-refractivity contribution in [2.45, 2.75) is 59.1 Å². The van der Waals surface area contributed by atoms with Crippen LogP contribution >= 0.6 is 0 Å². The highest BCUT2D eigenvalue weighted by molar-refractivity contribution is 7.86. The maximum Gasteiger partial charge on any atom is 0.0972 e. The zero-order valence-corrected chi connectivity index (χ0v) is 11.9. The molecular weight excluding hydrogens is 224 g/mol. The van der Waals surface area contributed by atoms with Gasteiger partial charge in [-0.15, -0.1) is 0 Å². The van der Waals surface area contributed by atoms with Crippen LogP contribution in [0.4, 0.5) is 0 Å². The van der Waals surface area contributed by atoms with E-state index < -0.39 is 15.4 Å². The molecule has 0 aliphatic carbocycles. The second-order valence-electron chi connectivity index (χ2n) is 5.61. The van der Waals surface area contributed by atoms with Gasteiger partial charge in [-0.2, -0.15) is 0 Å². The molecule has 0 aromatic rings. The average molecular weight is 249 g/mol. The molecule has 0 rings (SSSR count). The van der Waals surface area contributed by atoms with E-state index in [1.54, 1.807) is 0 Å². The zero-order valence-electron chi connectivity index (χ0n) is 11.1. The Kier molecular flexibility index (Phi) is 6.56. The monoisotopic (exact) mass is 249 g/mol. The molecule has 0 heterocycles. The van der Waals surface area contributed by atoms with E-state index in [4.69, 9.17) is 0 Å². The molecule has 0 bridgehead atoms. The number of hydrogen-bond donors (Lipinski definition) is 0. The fourth-order valence-electron chi connectivity index (χ4n) is 2.37. The van der Waals surface area contributed by atoms with Crippen LogP contribution in [0.5, 0.6) is 0 Å². The zero-order chi connectivity index (χ0) is 12.9. The summed E-state index contributed by atoms with van der Waals surface area (Å²) in [6.45, 7) is 10.1. The molecule has 0 aliphatic rings. The molecule has 4 heteroatoms. The van der Waals surface area contributed by atoms with Gasteiger partial charge in [0.25, 0.3) is 0 Å². The molecule has 3 atom stereocenters. The second-order valence-corrected chi connectivity index (χ2v) is 7.41. The fraction of sp³-hybridized carbons (Fsp3) is 1.00. The smallest absolute Gasteiger partial charge is 0.0972 e. The van der Waals surface area contributed by atoms with Gasteiger partial charge in [0, 0.05) is 5.25 Å². The van der Waals surface area contributed by atoms with Crippen LogP contribution in [0, 0.1) is 17.8 Å². The molecule has 0 amide bonds. The van der Waals surface area contributed by atoms with Gasteiger partial charge in [0.1, 0.15) is 0 Å². The molecule has 0 N–H and O–H groups in total. The molecule has 16 heavy (non-hydrogen) atoms. The van der Waals surface area contributed by atoms with Gasteiger partial charge in [-0.25, -0.2) is 8.42 Å². The van der Waals surface area contributed by atoms with Crippen LogP contribution in [0.25, 0.3) is 0 Å². The van der Waals surface area contributed by atoms with Crippen LogP contribution in [-0.4, -0.2) is 18.2 Å². The van der Waals surface area contributed by atoms with E-state index in [-0.39, 0.29) is 0 Å². The van der Waals surface area contributed by atoms with E-state index in [0.717, 1.165) is 12.8 Å². The largest absolute Gasteiger partial charge is 0.748 e. The van der Waals surface area contributed by atoms with Crippen LogP contribution in [-0.2, 0) is 10.1 Å². The molecule has 0 spiro atoms. The van der Waals surface area contributed by atoms with Crippen LogP contribution in [0.3, 0.4) is 0 Å². The van der Waals surface area contributed by atoms with Gasteiger partial charge >= 0.3 is 0 Å². The highest BCUT2D eigenvalue weighted by Gasteiger charge is 2.16. The highest BCUT2D eigenvalue weighted by Crippen LogP contribution is 2.23. The molecule has 98 valence electrons. The Morgan fingerprint density at radius 2 is 1.31 bits per heavy atom. The van der Waals surface area contributed by atoms with E-state index in [1.165, 1.54) is 6.92 Å². The molecule has 0 saturated heterocycles.